The highest BCUT2D eigenvalue weighted by Gasteiger charge is 2.31. The van der Waals surface area contributed by atoms with Crippen molar-refractivity contribution in [3.63, 3.8) is 0 Å². The molecule has 16 heavy (non-hydrogen) atoms. The van der Waals surface area contributed by atoms with Crippen LogP contribution in [-0.4, -0.2) is 16.5 Å². The molecule has 2 atom stereocenters. The first-order valence-electron chi connectivity index (χ1n) is 5.11. The molecule has 1 aliphatic rings. The Morgan fingerprint density at radius 1 is 1.56 bits per heavy atom. The summed E-state index contributed by atoms with van der Waals surface area (Å²) in [5.41, 5.74) is 7.85. The van der Waals surface area contributed by atoms with Crippen LogP contribution in [0.4, 0.5) is 0 Å². The Morgan fingerprint density at radius 3 is 2.88 bits per heavy atom. The van der Waals surface area contributed by atoms with Gasteiger partial charge in [-0.3, -0.25) is 9.59 Å². The van der Waals surface area contributed by atoms with Crippen LogP contribution in [0, 0.1) is 0 Å². The fourth-order valence-corrected chi connectivity index (χ4v) is 2.63. The number of hydrogen-bond donors (Lipinski definition) is 1. The van der Waals surface area contributed by atoms with Gasteiger partial charge >= 0.3 is 0 Å². The van der Waals surface area contributed by atoms with Gasteiger partial charge in [0.2, 0.25) is 5.91 Å². The predicted molar refractivity (Wildman–Crippen MR) is 64.8 cm³/mol. The topological polar surface area (TPSA) is 60.2 Å². The normalized spacial score (nSPS) is 20.6. The van der Waals surface area contributed by atoms with Crippen molar-refractivity contribution in [1.29, 1.82) is 0 Å². The van der Waals surface area contributed by atoms with Crippen molar-refractivity contribution in [1.82, 2.24) is 0 Å². The number of Topliss-reactive ketones (excluding diaryl/α,β-unsaturated/α-hetero) is 1. The lowest BCUT2D eigenvalue weighted by Crippen LogP contribution is -2.19. The summed E-state index contributed by atoms with van der Waals surface area (Å²) in [5.74, 6) is -0.618. The van der Waals surface area contributed by atoms with E-state index in [0.717, 1.165) is 11.1 Å². The van der Waals surface area contributed by atoms with Crippen molar-refractivity contribution < 1.29 is 9.59 Å². The SMILES string of the molecule is CC(C(N)=O)c1cccc2c1CC(Br)C2=O. The second kappa shape index (κ2) is 4.01. The molecule has 1 amide bonds. The van der Waals surface area contributed by atoms with Crippen molar-refractivity contribution >= 4 is 27.6 Å². The maximum Gasteiger partial charge on any atom is 0.224 e. The van der Waals surface area contributed by atoms with Gasteiger partial charge in [-0.2, -0.15) is 0 Å². The van der Waals surface area contributed by atoms with Gasteiger partial charge in [0.05, 0.1) is 10.7 Å². The van der Waals surface area contributed by atoms with Crippen LogP contribution < -0.4 is 5.73 Å². The third-order valence-electron chi connectivity index (χ3n) is 3.04. The van der Waals surface area contributed by atoms with Crippen molar-refractivity contribution in [2.24, 2.45) is 5.73 Å². The number of carbonyl (C=O) groups excluding carboxylic acids is 2. The molecule has 0 bridgehead atoms. The van der Waals surface area contributed by atoms with Gasteiger partial charge in [-0.05, 0) is 24.5 Å². The third-order valence-corrected chi connectivity index (χ3v) is 3.78. The molecule has 0 aliphatic heterocycles. The average molecular weight is 282 g/mol. The summed E-state index contributed by atoms with van der Waals surface area (Å²) in [6, 6.07) is 5.47. The molecule has 1 aromatic rings. The molecule has 0 saturated carbocycles. The molecule has 2 N–H and O–H groups in total. The average Bonchev–Trinajstić information content (AvgIpc) is 2.54. The van der Waals surface area contributed by atoms with Crippen molar-refractivity contribution in [3.8, 4) is 0 Å². The highest BCUT2D eigenvalue weighted by Crippen LogP contribution is 2.32. The van der Waals surface area contributed by atoms with Crippen LogP contribution in [-0.2, 0) is 11.2 Å². The fourth-order valence-electron chi connectivity index (χ4n) is 2.06. The van der Waals surface area contributed by atoms with Gasteiger partial charge in [-0.15, -0.1) is 0 Å². The maximum atomic E-state index is 11.8. The summed E-state index contributed by atoms with van der Waals surface area (Å²) in [5, 5.41) is 0. The molecule has 4 heteroatoms. The Kier molecular flexibility index (Phi) is 2.84. The van der Waals surface area contributed by atoms with E-state index in [4.69, 9.17) is 5.73 Å². The van der Waals surface area contributed by atoms with Crippen LogP contribution in [0.25, 0.3) is 0 Å². The Morgan fingerprint density at radius 2 is 2.25 bits per heavy atom. The number of ketones is 1. The molecule has 2 unspecified atom stereocenters. The van der Waals surface area contributed by atoms with Crippen LogP contribution in [0.3, 0.4) is 0 Å². The van der Waals surface area contributed by atoms with Crippen LogP contribution in [0.1, 0.15) is 34.3 Å². The van der Waals surface area contributed by atoms with Crippen molar-refractivity contribution in [3.05, 3.63) is 34.9 Å². The molecular weight excluding hydrogens is 270 g/mol. The molecule has 2 rings (SSSR count). The van der Waals surface area contributed by atoms with E-state index in [1.807, 2.05) is 6.07 Å². The Balaban J connectivity index is 2.52. The minimum Gasteiger partial charge on any atom is -0.369 e. The molecule has 3 nitrogen and oxygen atoms in total. The Hall–Kier alpha value is -1.16. The maximum absolute atomic E-state index is 11.8. The smallest absolute Gasteiger partial charge is 0.224 e. The van der Waals surface area contributed by atoms with E-state index < -0.39 is 0 Å². The van der Waals surface area contributed by atoms with Crippen LogP contribution in [0.5, 0.6) is 0 Å². The second-order valence-electron chi connectivity index (χ2n) is 4.03. The molecule has 0 fully saturated rings. The third kappa shape index (κ3) is 1.67. The van der Waals surface area contributed by atoms with Gasteiger partial charge in [-0.25, -0.2) is 0 Å². The number of primary amides is 1. The zero-order valence-electron chi connectivity index (χ0n) is 8.87. The molecule has 0 aromatic heterocycles. The fraction of sp³-hybridized carbons (Fsp3) is 0.333. The lowest BCUT2D eigenvalue weighted by atomic mass is 9.93. The Bertz CT molecular complexity index is 470. The second-order valence-corrected chi connectivity index (χ2v) is 5.14. The molecule has 1 aliphatic carbocycles. The number of amides is 1. The summed E-state index contributed by atoms with van der Waals surface area (Å²) in [6.45, 7) is 1.77. The van der Waals surface area contributed by atoms with Crippen molar-refractivity contribution in [2.75, 3.05) is 0 Å². The zero-order valence-corrected chi connectivity index (χ0v) is 10.5. The predicted octanol–water partition coefficient (Wildman–Crippen LogP) is 1.78. The van der Waals surface area contributed by atoms with Crippen molar-refractivity contribution in [2.45, 2.75) is 24.1 Å². The number of halogens is 1. The van der Waals surface area contributed by atoms with Crippen LogP contribution >= 0.6 is 15.9 Å². The first kappa shape index (κ1) is 11.3. The number of rotatable bonds is 2. The van der Waals surface area contributed by atoms with Gasteiger partial charge in [-0.1, -0.05) is 34.1 Å². The lowest BCUT2D eigenvalue weighted by Gasteiger charge is -2.12. The molecule has 0 radical (unpaired) electrons. The quantitative estimate of drug-likeness (QED) is 0.840. The summed E-state index contributed by atoms with van der Waals surface area (Å²) >= 11 is 3.34. The summed E-state index contributed by atoms with van der Waals surface area (Å²) in [4.78, 5) is 22.8. The van der Waals surface area contributed by atoms with E-state index in [-0.39, 0.29) is 22.4 Å². The molecule has 0 spiro atoms. The van der Waals surface area contributed by atoms with E-state index in [9.17, 15) is 9.59 Å². The van der Waals surface area contributed by atoms with Gasteiger partial charge in [0.15, 0.2) is 5.78 Å². The van der Waals surface area contributed by atoms with Gasteiger partial charge in [0.1, 0.15) is 0 Å². The first-order chi connectivity index (χ1) is 7.52. The number of nitrogens with two attached hydrogens (primary N) is 1. The number of benzene rings is 1. The lowest BCUT2D eigenvalue weighted by molar-refractivity contribution is -0.119. The summed E-state index contributed by atoms with van der Waals surface area (Å²) in [6.07, 6.45) is 0.641. The molecule has 0 heterocycles. The minimum absolute atomic E-state index is 0.0912. The van der Waals surface area contributed by atoms with Crippen LogP contribution in [0.2, 0.25) is 0 Å². The molecule has 1 aromatic carbocycles. The van der Waals surface area contributed by atoms with E-state index in [2.05, 4.69) is 15.9 Å². The molecular formula is C12H12BrNO2. The number of hydrogen-bond acceptors (Lipinski definition) is 2. The number of alkyl halides is 1. The van der Waals surface area contributed by atoms with E-state index in [1.54, 1.807) is 19.1 Å². The van der Waals surface area contributed by atoms with Gasteiger partial charge < -0.3 is 5.73 Å². The van der Waals surface area contributed by atoms with Gasteiger partial charge in [0, 0.05) is 5.56 Å². The summed E-state index contributed by atoms with van der Waals surface area (Å²) in [7, 11) is 0. The van der Waals surface area contributed by atoms with Gasteiger partial charge in [0.25, 0.3) is 0 Å². The van der Waals surface area contributed by atoms with Crippen LogP contribution in [0.15, 0.2) is 18.2 Å². The molecule has 0 saturated heterocycles. The van der Waals surface area contributed by atoms with E-state index in [0.29, 0.717) is 12.0 Å². The number of fused-ring (bicyclic) bond motifs is 1. The highest BCUT2D eigenvalue weighted by atomic mass is 79.9. The summed E-state index contributed by atoms with van der Waals surface area (Å²) < 4.78 is 0. The first-order valence-corrected chi connectivity index (χ1v) is 6.03. The monoisotopic (exact) mass is 281 g/mol. The number of carbonyl (C=O) groups is 2. The molecule has 84 valence electrons. The van der Waals surface area contributed by atoms with E-state index >= 15 is 0 Å². The standard InChI is InChI=1S/C12H12BrNO2/c1-6(12(14)16)7-3-2-4-8-9(7)5-10(13)11(8)15/h2-4,6,10H,5H2,1H3,(H2,14,16). The largest absolute Gasteiger partial charge is 0.369 e. The minimum atomic E-state index is -0.362. The highest BCUT2D eigenvalue weighted by molar-refractivity contribution is 9.10. The van der Waals surface area contributed by atoms with E-state index in [1.165, 1.54) is 0 Å². The Labute approximate surface area is 102 Å². The zero-order chi connectivity index (χ0) is 11.9.